The van der Waals surface area contributed by atoms with Crippen LogP contribution in [0.2, 0.25) is 0 Å². The Morgan fingerprint density at radius 1 is 1.14 bits per heavy atom. The van der Waals surface area contributed by atoms with Crippen LogP contribution in [0.5, 0.6) is 0 Å². The monoisotopic (exact) mass is 425 g/mol. The number of hydrogen-bond acceptors (Lipinski definition) is 4. The number of hydrogen-bond donors (Lipinski definition) is 2. The number of carbonyl (C=O) groups excluding carboxylic acids is 3. The molecule has 0 aliphatic carbocycles. The van der Waals surface area contributed by atoms with E-state index in [2.05, 4.69) is 10.6 Å². The van der Waals surface area contributed by atoms with Gasteiger partial charge in [0.05, 0.1) is 23.0 Å². The summed E-state index contributed by atoms with van der Waals surface area (Å²) in [5, 5.41) is 6.32. The zero-order chi connectivity index (χ0) is 21.0. The van der Waals surface area contributed by atoms with Crippen LogP contribution in [0, 0.1) is 23.4 Å². The Labute approximate surface area is 168 Å². The van der Waals surface area contributed by atoms with Crippen LogP contribution in [0.4, 0.5) is 18.9 Å². The first kappa shape index (κ1) is 20.8. The average molecular weight is 425 g/mol. The molecule has 0 saturated carbocycles. The number of anilines is 1. The fraction of sp³-hybridized carbons (Fsp3) is 0.316. The van der Waals surface area contributed by atoms with Crippen LogP contribution in [0.25, 0.3) is 0 Å². The molecule has 1 aromatic heterocycles. The number of likely N-dealkylation sites (tertiary alicyclic amines) is 1. The molecule has 2 heterocycles. The van der Waals surface area contributed by atoms with E-state index in [4.69, 9.17) is 0 Å². The molecule has 1 fully saturated rings. The molecule has 0 bridgehead atoms. The first-order valence-electron chi connectivity index (χ1n) is 8.90. The molecule has 1 saturated heterocycles. The van der Waals surface area contributed by atoms with E-state index >= 15 is 0 Å². The van der Waals surface area contributed by atoms with Crippen molar-refractivity contribution in [3.63, 3.8) is 0 Å². The van der Waals surface area contributed by atoms with E-state index in [1.165, 1.54) is 11.3 Å². The van der Waals surface area contributed by atoms with Crippen molar-refractivity contribution in [3.05, 3.63) is 52.0 Å². The Hall–Kier alpha value is -2.88. The van der Waals surface area contributed by atoms with E-state index in [1.807, 2.05) is 0 Å². The standard InChI is InChI=1S/C19H18F3N3O3S/c20-12-5-6-13(17(22)16(12)21)24-15(26)9-23-18(27)11-3-1-7-25(10-11)19(28)14-4-2-8-29-14/h2,4-6,8,11H,1,3,7,9-10H2,(H,23,27)(H,24,26)/t11-/m0/s1. The number of rotatable bonds is 5. The summed E-state index contributed by atoms with van der Waals surface area (Å²) in [7, 11) is 0. The summed E-state index contributed by atoms with van der Waals surface area (Å²) in [4.78, 5) is 38.9. The van der Waals surface area contributed by atoms with Crippen LogP contribution in [0.1, 0.15) is 22.5 Å². The molecule has 3 rings (SSSR count). The van der Waals surface area contributed by atoms with Gasteiger partial charge in [0.2, 0.25) is 11.8 Å². The van der Waals surface area contributed by atoms with E-state index in [9.17, 15) is 27.6 Å². The summed E-state index contributed by atoms with van der Waals surface area (Å²) in [5.41, 5.74) is -0.520. The molecule has 3 amide bonds. The van der Waals surface area contributed by atoms with Crippen LogP contribution in [-0.4, -0.2) is 42.3 Å². The number of thiophene rings is 1. The molecule has 1 aromatic carbocycles. The summed E-state index contributed by atoms with van der Waals surface area (Å²) < 4.78 is 39.7. The lowest BCUT2D eigenvalue weighted by Gasteiger charge is -2.31. The fourth-order valence-electron chi connectivity index (χ4n) is 3.06. The highest BCUT2D eigenvalue weighted by molar-refractivity contribution is 7.12. The highest BCUT2D eigenvalue weighted by Gasteiger charge is 2.29. The molecule has 29 heavy (non-hydrogen) atoms. The van der Waals surface area contributed by atoms with Crippen molar-refractivity contribution in [1.82, 2.24) is 10.2 Å². The van der Waals surface area contributed by atoms with Gasteiger partial charge in [0.25, 0.3) is 5.91 Å². The molecule has 2 aromatic rings. The maximum Gasteiger partial charge on any atom is 0.263 e. The molecule has 0 radical (unpaired) electrons. The number of halogens is 3. The highest BCUT2D eigenvalue weighted by Crippen LogP contribution is 2.21. The fourth-order valence-corrected chi connectivity index (χ4v) is 3.75. The van der Waals surface area contributed by atoms with E-state index in [0.29, 0.717) is 30.3 Å². The van der Waals surface area contributed by atoms with Crippen molar-refractivity contribution in [3.8, 4) is 0 Å². The summed E-state index contributed by atoms with van der Waals surface area (Å²) >= 11 is 1.33. The van der Waals surface area contributed by atoms with E-state index in [-0.39, 0.29) is 12.5 Å². The second-order valence-corrected chi connectivity index (χ2v) is 7.50. The van der Waals surface area contributed by atoms with E-state index < -0.39 is 47.4 Å². The van der Waals surface area contributed by atoms with Gasteiger partial charge in [-0.1, -0.05) is 6.07 Å². The van der Waals surface area contributed by atoms with Crippen molar-refractivity contribution in [2.24, 2.45) is 5.92 Å². The van der Waals surface area contributed by atoms with Crippen LogP contribution < -0.4 is 10.6 Å². The minimum Gasteiger partial charge on any atom is -0.347 e. The lowest BCUT2D eigenvalue weighted by atomic mass is 9.97. The minimum absolute atomic E-state index is 0.135. The van der Waals surface area contributed by atoms with Gasteiger partial charge < -0.3 is 15.5 Å². The molecule has 2 N–H and O–H groups in total. The van der Waals surface area contributed by atoms with Crippen molar-refractivity contribution in [1.29, 1.82) is 0 Å². The van der Waals surface area contributed by atoms with Gasteiger partial charge >= 0.3 is 0 Å². The zero-order valence-electron chi connectivity index (χ0n) is 15.2. The maximum absolute atomic E-state index is 13.6. The van der Waals surface area contributed by atoms with Crippen LogP contribution in [-0.2, 0) is 9.59 Å². The van der Waals surface area contributed by atoms with E-state index in [1.54, 1.807) is 22.4 Å². The molecule has 1 atom stereocenters. The van der Waals surface area contributed by atoms with Gasteiger partial charge in [0.1, 0.15) is 0 Å². The van der Waals surface area contributed by atoms with Crippen LogP contribution in [0.15, 0.2) is 29.6 Å². The second kappa shape index (κ2) is 9.08. The Morgan fingerprint density at radius 2 is 1.93 bits per heavy atom. The average Bonchev–Trinajstić information content (AvgIpc) is 3.27. The number of nitrogens with one attached hydrogen (secondary N) is 2. The van der Waals surface area contributed by atoms with Crippen LogP contribution in [0.3, 0.4) is 0 Å². The normalized spacial score (nSPS) is 16.4. The van der Waals surface area contributed by atoms with Crippen molar-refractivity contribution in [2.45, 2.75) is 12.8 Å². The SMILES string of the molecule is O=C(CNC(=O)[C@H]1CCCN(C(=O)c2cccs2)C1)Nc1ccc(F)c(F)c1F. The quantitative estimate of drug-likeness (QED) is 0.724. The number of piperidine rings is 1. The number of carbonyl (C=O) groups is 3. The topological polar surface area (TPSA) is 78.5 Å². The van der Waals surface area contributed by atoms with Gasteiger partial charge in [-0.25, -0.2) is 13.2 Å². The molecule has 10 heteroatoms. The van der Waals surface area contributed by atoms with Crippen molar-refractivity contribution >= 4 is 34.7 Å². The zero-order valence-corrected chi connectivity index (χ0v) is 16.0. The second-order valence-electron chi connectivity index (χ2n) is 6.56. The van der Waals surface area contributed by atoms with Crippen molar-refractivity contribution < 1.29 is 27.6 Å². The molecular weight excluding hydrogens is 407 g/mol. The third-order valence-corrected chi connectivity index (χ3v) is 5.40. The van der Waals surface area contributed by atoms with Gasteiger partial charge in [-0.15, -0.1) is 11.3 Å². The number of nitrogens with zero attached hydrogens (tertiary/aromatic N) is 1. The van der Waals surface area contributed by atoms with Gasteiger partial charge in [-0.2, -0.15) is 0 Å². The number of amides is 3. The molecular formula is C19H18F3N3O3S. The molecule has 6 nitrogen and oxygen atoms in total. The Balaban J connectivity index is 1.51. The summed E-state index contributed by atoms with van der Waals surface area (Å²) in [5.74, 6) is -6.37. The maximum atomic E-state index is 13.6. The molecule has 154 valence electrons. The summed E-state index contributed by atoms with van der Waals surface area (Å²) in [6.45, 7) is 0.324. The summed E-state index contributed by atoms with van der Waals surface area (Å²) in [6, 6.07) is 5.08. The smallest absolute Gasteiger partial charge is 0.263 e. The van der Waals surface area contributed by atoms with Gasteiger partial charge in [0.15, 0.2) is 17.5 Å². The van der Waals surface area contributed by atoms with Crippen LogP contribution >= 0.6 is 11.3 Å². The molecule has 0 unspecified atom stereocenters. The largest absolute Gasteiger partial charge is 0.347 e. The van der Waals surface area contributed by atoms with Gasteiger partial charge in [0, 0.05) is 13.1 Å². The third kappa shape index (κ3) is 4.94. The minimum atomic E-state index is -1.69. The van der Waals surface area contributed by atoms with Gasteiger partial charge in [-0.05, 0) is 36.4 Å². The first-order valence-corrected chi connectivity index (χ1v) is 9.78. The molecule has 0 spiro atoms. The Kier molecular flexibility index (Phi) is 6.53. The lowest BCUT2D eigenvalue weighted by molar-refractivity contribution is -0.128. The molecule has 1 aliphatic rings. The predicted octanol–water partition coefficient (Wildman–Crippen LogP) is 2.77. The Bertz CT molecular complexity index is 921. The Morgan fingerprint density at radius 3 is 2.66 bits per heavy atom. The first-order chi connectivity index (χ1) is 13.9. The number of benzene rings is 1. The van der Waals surface area contributed by atoms with Crippen molar-refractivity contribution in [2.75, 3.05) is 25.0 Å². The lowest BCUT2D eigenvalue weighted by Crippen LogP contribution is -2.46. The molecule has 1 aliphatic heterocycles. The third-order valence-electron chi connectivity index (χ3n) is 4.54. The summed E-state index contributed by atoms with van der Waals surface area (Å²) in [6.07, 6.45) is 1.22. The van der Waals surface area contributed by atoms with E-state index in [0.717, 1.165) is 6.07 Å². The predicted molar refractivity (Wildman–Crippen MR) is 101 cm³/mol. The highest BCUT2D eigenvalue weighted by atomic mass is 32.1. The van der Waals surface area contributed by atoms with Gasteiger partial charge in [-0.3, -0.25) is 14.4 Å².